The molecule has 0 spiro atoms. The SMILES string of the molecule is O=C(Nc1cccc(F)c1)N1CCN(c2ccccn2)CC1. The average molecular weight is 300 g/mol. The number of amides is 2. The number of carbonyl (C=O) groups excluding carboxylic acids is 1. The fourth-order valence-electron chi connectivity index (χ4n) is 2.45. The summed E-state index contributed by atoms with van der Waals surface area (Å²) >= 11 is 0. The monoisotopic (exact) mass is 300 g/mol. The lowest BCUT2D eigenvalue weighted by Crippen LogP contribution is -2.50. The summed E-state index contributed by atoms with van der Waals surface area (Å²) in [6, 6.07) is 11.5. The summed E-state index contributed by atoms with van der Waals surface area (Å²) in [4.78, 5) is 20.4. The predicted molar refractivity (Wildman–Crippen MR) is 83.4 cm³/mol. The standard InChI is InChI=1S/C16H17FN4O/c17-13-4-3-5-14(12-13)19-16(22)21-10-8-20(9-11-21)15-6-1-2-7-18-15/h1-7,12H,8-11H2,(H,19,22). The molecule has 1 saturated heterocycles. The van der Waals surface area contributed by atoms with Crippen molar-refractivity contribution in [3.05, 3.63) is 54.5 Å². The average Bonchev–Trinajstić information content (AvgIpc) is 2.56. The molecule has 0 saturated carbocycles. The van der Waals surface area contributed by atoms with Crippen molar-refractivity contribution in [2.75, 3.05) is 36.4 Å². The number of urea groups is 1. The van der Waals surface area contributed by atoms with E-state index in [0.717, 1.165) is 18.9 Å². The van der Waals surface area contributed by atoms with Gasteiger partial charge in [0.2, 0.25) is 0 Å². The molecule has 2 heterocycles. The van der Waals surface area contributed by atoms with Crippen LogP contribution in [-0.4, -0.2) is 42.1 Å². The molecule has 1 aliphatic heterocycles. The van der Waals surface area contributed by atoms with E-state index < -0.39 is 0 Å². The lowest BCUT2D eigenvalue weighted by Gasteiger charge is -2.35. The number of carbonyl (C=O) groups is 1. The van der Waals surface area contributed by atoms with Crippen LogP contribution in [0.5, 0.6) is 0 Å². The summed E-state index contributed by atoms with van der Waals surface area (Å²) < 4.78 is 13.1. The van der Waals surface area contributed by atoms with Crippen LogP contribution < -0.4 is 10.2 Å². The minimum atomic E-state index is -0.363. The third-order valence-corrected chi connectivity index (χ3v) is 3.62. The van der Waals surface area contributed by atoms with Gasteiger partial charge < -0.3 is 15.1 Å². The van der Waals surface area contributed by atoms with E-state index in [2.05, 4.69) is 15.2 Å². The quantitative estimate of drug-likeness (QED) is 0.927. The highest BCUT2D eigenvalue weighted by atomic mass is 19.1. The molecule has 0 bridgehead atoms. The fraction of sp³-hybridized carbons (Fsp3) is 0.250. The first-order valence-electron chi connectivity index (χ1n) is 7.20. The molecule has 6 heteroatoms. The number of anilines is 2. The Labute approximate surface area is 128 Å². The lowest BCUT2D eigenvalue weighted by molar-refractivity contribution is 0.208. The van der Waals surface area contributed by atoms with Crippen LogP contribution in [0.15, 0.2) is 48.7 Å². The summed E-state index contributed by atoms with van der Waals surface area (Å²) in [5.41, 5.74) is 0.470. The number of piperazine rings is 1. The smallest absolute Gasteiger partial charge is 0.321 e. The van der Waals surface area contributed by atoms with Crippen LogP contribution >= 0.6 is 0 Å². The second-order valence-corrected chi connectivity index (χ2v) is 5.10. The Balaban J connectivity index is 1.56. The first kappa shape index (κ1) is 14.3. The van der Waals surface area contributed by atoms with Crippen LogP contribution in [0.4, 0.5) is 20.7 Å². The fourth-order valence-corrected chi connectivity index (χ4v) is 2.45. The van der Waals surface area contributed by atoms with E-state index >= 15 is 0 Å². The number of hydrogen-bond donors (Lipinski definition) is 1. The largest absolute Gasteiger partial charge is 0.353 e. The molecule has 5 nitrogen and oxygen atoms in total. The van der Waals surface area contributed by atoms with Gasteiger partial charge in [-0.05, 0) is 30.3 Å². The summed E-state index contributed by atoms with van der Waals surface area (Å²) in [5, 5.41) is 2.72. The molecule has 0 atom stereocenters. The maximum absolute atomic E-state index is 13.1. The van der Waals surface area contributed by atoms with Gasteiger partial charge in [0.25, 0.3) is 0 Å². The number of aromatic nitrogens is 1. The molecule has 0 unspecified atom stereocenters. The molecule has 22 heavy (non-hydrogen) atoms. The van der Waals surface area contributed by atoms with Gasteiger partial charge in [-0.15, -0.1) is 0 Å². The number of halogens is 1. The predicted octanol–water partition coefficient (Wildman–Crippen LogP) is 2.57. The molecule has 2 amide bonds. The molecular formula is C16H17FN4O. The molecular weight excluding hydrogens is 283 g/mol. The highest BCUT2D eigenvalue weighted by Gasteiger charge is 2.21. The highest BCUT2D eigenvalue weighted by molar-refractivity contribution is 5.89. The van der Waals surface area contributed by atoms with Crippen LogP contribution in [0.3, 0.4) is 0 Å². The summed E-state index contributed by atoms with van der Waals surface area (Å²) in [7, 11) is 0. The van der Waals surface area contributed by atoms with Crippen LogP contribution in [0.25, 0.3) is 0 Å². The zero-order valence-corrected chi connectivity index (χ0v) is 12.1. The summed E-state index contributed by atoms with van der Waals surface area (Å²) in [6.07, 6.45) is 1.76. The van der Waals surface area contributed by atoms with E-state index in [1.54, 1.807) is 23.2 Å². The highest BCUT2D eigenvalue weighted by Crippen LogP contribution is 2.14. The van der Waals surface area contributed by atoms with E-state index in [1.165, 1.54) is 12.1 Å². The maximum Gasteiger partial charge on any atom is 0.321 e. The van der Waals surface area contributed by atoms with Crippen molar-refractivity contribution in [1.29, 1.82) is 0 Å². The van der Waals surface area contributed by atoms with Gasteiger partial charge in [0.15, 0.2) is 0 Å². The van der Waals surface area contributed by atoms with E-state index in [0.29, 0.717) is 18.8 Å². The van der Waals surface area contributed by atoms with Crippen LogP contribution in [-0.2, 0) is 0 Å². The number of benzene rings is 1. The Morgan fingerprint density at radius 2 is 1.91 bits per heavy atom. The minimum absolute atomic E-state index is 0.203. The maximum atomic E-state index is 13.1. The van der Waals surface area contributed by atoms with Crippen molar-refractivity contribution in [3.63, 3.8) is 0 Å². The number of nitrogens with one attached hydrogen (secondary N) is 1. The normalized spacial score (nSPS) is 14.8. The minimum Gasteiger partial charge on any atom is -0.353 e. The van der Waals surface area contributed by atoms with Crippen LogP contribution in [0, 0.1) is 5.82 Å². The third kappa shape index (κ3) is 3.33. The lowest BCUT2D eigenvalue weighted by atomic mass is 10.3. The van der Waals surface area contributed by atoms with Crippen LogP contribution in [0.1, 0.15) is 0 Å². The summed E-state index contributed by atoms with van der Waals surface area (Å²) in [5.74, 6) is 0.561. The van der Waals surface area contributed by atoms with E-state index in [4.69, 9.17) is 0 Å². The molecule has 1 fully saturated rings. The Kier molecular flexibility index (Phi) is 4.18. The second kappa shape index (κ2) is 6.43. The van der Waals surface area contributed by atoms with Gasteiger partial charge in [-0.3, -0.25) is 0 Å². The third-order valence-electron chi connectivity index (χ3n) is 3.62. The van der Waals surface area contributed by atoms with Crippen LogP contribution in [0.2, 0.25) is 0 Å². The number of pyridine rings is 1. The Bertz CT molecular complexity index is 642. The number of rotatable bonds is 2. The summed E-state index contributed by atoms with van der Waals surface area (Å²) in [6.45, 7) is 2.68. The van der Waals surface area contributed by atoms with Gasteiger partial charge in [-0.25, -0.2) is 14.2 Å². The molecule has 1 N–H and O–H groups in total. The van der Waals surface area contributed by atoms with Gasteiger partial charge >= 0.3 is 6.03 Å². The zero-order valence-electron chi connectivity index (χ0n) is 12.1. The van der Waals surface area contributed by atoms with Crippen molar-refractivity contribution in [2.45, 2.75) is 0 Å². The van der Waals surface area contributed by atoms with E-state index in [9.17, 15) is 9.18 Å². The van der Waals surface area contributed by atoms with Crippen molar-refractivity contribution >= 4 is 17.5 Å². The van der Waals surface area contributed by atoms with E-state index in [-0.39, 0.29) is 11.8 Å². The van der Waals surface area contributed by atoms with Gasteiger partial charge in [0.05, 0.1) is 0 Å². The van der Waals surface area contributed by atoms with Gasteiger partial charge in [0.1, 0.15) is 11.6 Å². The Morgan fingerprint density at radius 1 is 1.09 bits per heavy atom. The number of hydrogen-bond acceptors (Lipinski definition) is 3. The second-order valence-electron chi connectivity index (χ2n) is 5.10. The first-order chi connectivity index (χ1) is 10.7. The van der Waals surface area contributed by atoms with Crippen molar-refractivity contribution in [3.8, 4) is 0 Å². The molecule has 1 aromatic heterocycles. The topological polar surface area (TPSA) is 48.5 Å². The van der Waals surface area contributed by atoms with Crippen molar-refractivity contribution in [1.82, 2.24) is 9.88 Å². The molecule has 1 aliphatic rings. The Hall–Kier alpha value is -2.63. The Morgan fingerprint density at radius 3 is 2.59 bits per heavy atom. The molecule has 1 aromatic carbocycles. The number of nitrogens with zero attached hydrogens (tertiary/aromatic N) is 3. The van der Waals surface area contributed by atoms with Gasteiger partial charge in [-0.2, -0.15) is 0 Å². The van der Waals surface area contributed by atoms with E-state index in [1.807, 2.05) is 18.2 Å². The molecule has 0 aliphatic carbocycles. The van der Waals surface area contributed by atoms with Gasteiger partial charge in [-0.1, -0.05) is 12.1 Å². The molecule has 3 rings (SSSR count). The molecule has 114 valence electrons. The molecule has 0 radical (unpaired) electrons. The van der Waals surface area contributed by atoms with Crippen molar-refractivity contribution < 1.29 is 9.18 Å². The van der Waals surface area contributed by atoms with Gasteiger partial charge in [0, 0.05) is 38.1 Å². The zero-order chi connectivity index (χ0) is 15.4. The molecule has 2 aromatic rings. The first-order valence-corrected chi connectivity index (χ1v) is 7.20. The van der Waals surface area contributed by atoms with Crippen molar-refractivity contribution in [2.24, 2.45) is 0 Å².